The van der Waals surface area contributed by atoms with Crippen LogP contribution in [-0.4, -0.2) is 29.2 Å². The van der Waals surface area contributed by atoms with Crippen molar-refractivity contribution < 1.29 is 4.79 Å². The second-order valence-electron chi connectivity index (χ2n) is 4.59. The number of hydrogen-bond acceptors (Lipinski definition) is 2. The van der Waals surface area contributed by atoms with Crippen molar-refractivity contribution in [3.05, 3.63) is 21.9 Å². The molecule has 0 aromatic carbocycles. The van der Waals surface area contributed by atoms with Crippen LogP contribution in [0.5, 0.6) is 0 Å². The summed E-state index contributed by atoms with van der Waals surface area (Å²) >= 11 is 5.17. The van der Waals surface area contributed by atoms with E-state index in [0.29, 0.717) is 10.7 Å². The van der Waals surface area contributed by atoms with Crippen molar-refractivity contribution in [2.75, 3.05) is 13.6 Å². The van der Waals surface area contributed by atoms with Crippen molar-refractivity contribution in [3.63, 3.8) is 0 Å². The third-order valence-electron chi connectivity index (χ3n) is 3.14. The first kappa shape index (κ1) is 12.1. The molecule has 2 nitrogen and oxygen atoms in total. The van der Waals surface area contributed by atoms with Gasteiger partial charge in [0.05, 0.1) is 5.56 Å². The molecule has 0 aliphatic heterocycles. The van der Waals surface area contributed by atoms with E-state index in [1.165, 1.54) is 12.8 Å². The number of aryl methyl sites for hydroxylation is 1. The van der Waals surface area contributed by atoms with Gasteiger partial charge in [-0.3, -0.25) is 4.79 Å². The lowest BCUT2D eigenvalue weighted by Gasteiger charge is -2.34. The van der Waals surface area contributed by atoms with Crippen LogP contribution in [0.15, 0.2) is 10.8 Å². The SMILES string of the molecule is Cc1cscc1C(=O)N(C)CC1CC(Br)C1. The lowest BCUT2D eigenvalue weighted by molar-refractivity contribution is 0.0748. The Balaban J connectivity index is 1.92. The van der Waals surface area contributed by atoms with Crippen LogP contribution in [0, 0.1) is 12.8 Å². The maximum absolute atomic E-state index is 12.1. The zero-order valence-corrected chi connectivity index (χ0v) is 12.0. The summed E-state index contributed by atoms with van der Waals surface area (Å²) in [7, 11) is 1.90. The highest BCUT2D eigenvalue weighted by Crippen LogP contribution is 2.33. The van der Waals surface area contributed by atoms with Crippen molar-refractivity contribution in [1.82, 2.24) is 4.90 Å². The van der Waals surface area contributed by atoms with Crippen LogP contribution >= 0.6 is 27.3 Å². The smallest absolute Gasteiger partial charge is 0.254 e. The molecule has 1 saturated carbocycles. The molecule has 1 amide bonds. The molecule has 1 heterocycles. The summed E-state index contributed by atoms with van der Waals surface area (Å²) < 4.78 is 0. The Kier molecular flexibility index (Phi) is 3.70. The summed E-state index contributed by atoms with van der Waals surface area (Å²) in [6.07, 6.45) is 2.39. The van der Waals surface area contributed by atoms with Crippen LogP contribution < -0.4 is 0 Å². The zero-order chi connectivity index (χ0) is 11.7. The highest BCUT2D eigenvalue weighted by Gasteiger charge is 2.29. The molecular formula is C12H16BrNOS. The minimum Gasteiger partial charge on any atom is -0.341 e. The Morgan fingerprint density at radius 3 is 2.75 bits per heavy atom. The first-order chi connectivity index (χ1) is 7.58. The third kappa shape index (κ3) is 2.48. The average molecular weight is 302 g/mol. The van der Waals surface area contributed by atoms with Gasteiger partial charge in [0.25, 0.3) is 5.91 Å². The first-order valence-electron chi connectivity index (χ1n) is 5.50. The van der Waals surface area contributed by atoms with E-state index in [1.807, 2.05) is 29.6 Å². The maximum Gasteiger partial charge on any atom is 0.254 e. The van der Waals surface area contributed by atoms with Gasteiger partial charge in [0.15, 0.2) is 0 Å². The molecule has 0 saturated heterocycles. The molecule has 0 radical (unpaired) electrons. The molecular weight excluding hydrogens is 286 g/mol. The molecule has 1 aromatic heterocycles. The Morgan fingerprint density at radius 2 is 2.25 bits per heavy atom. The molecule has 0 bridgehead atoms. The number of carbonyl (C=O) groups is 1. The fourth-order valence-corrected chi connectivity index (χ4v) is 3.94. The topological polar surface area (TPSA) is 20.3 Å². The number of amides is 1. The Hall–Kier alpha value is -0.350. The Labute approximate surface area is 109 Å². The number of nitrogens with zero attached hydrogens (tertiary/aromatic N) is 1. The van der Waals surface area contributed by atoms with Gasteiger partial charge in [0.1, 0.15) is 0 Å². The van der Waals surface area contributed by atoms with E-state index in [4.69, 9.17) is 0 Å². The quantitative estimate of drug-likeness (QED) is 0.785. The molecule has 88 valence electrons. The van der Waals surface area contributed by atoms with Gasteiger partial charge in [-0.25, -0.2) is 0 Å². The highest BCUT2D eigenvalue weighted by molar-refractivity contribution is 9.09. The number of rotatable bonds is 3. The van der Waals surface area contributed by atoms with Crippen LogP contribution in [0.25, 0.3) is 0 Å². The van der Waals surface area contributed by atoms with E-state index >= 15 is 0 Å². The molecule has 0 spiro atoms. The minimum atomic E-state index is 0.164. The molecule has 1 aliphatic rings. The molecule has 2 rings (SSSR count). The summed E-state index contributed by atoms with van der Waals surface area (Å²) in [6.45, 7) is 2.88. The molecule has 16 heavy (non-hydrogen) atoms. The van der Waals surface area contributed by atoms with E-state index in [-0.39, 0.29) is 5.91 Å². The lowest BCUT2D eigenvalue weighted by atomic mass is 9.85. The van der Waals surface area contributed by atoms with Gasteiger partial charge >= 0.3 is 0 Å². The van der Waals surface area contributed by atoms with Crippen molar-refractivity contribution in [1.29, 1.82) is 0 Å². The predicted octanol–water partition coefficient (Wildman–Crippen LogP) is 3.30. The highest BCUT2D eigenvalue weighted by atomic mass is 79.9. The van der Waals surface area contributed by atoms with Gasteiger partial charge in [0, 0.05) is 23.8 Å². The summed E-state index contributed by atoms with van der Waals surface area (Å²) in [4.78, 5) is 14.6. The van der Waals surface area contributed by atoms with E-state index in [0.717, 1.165) is 17.7 Å². The fourth-order valence-electron chi connectivity index (χ4n) is 2.06. The normalized spacial score (nSPS) is 23.9. The van der Waals surface area contributed by atoms with Gasteiger partial charge in [-0.2, -0.15) is 11.3 Å². The van der Waals surface area contributed by atoms with Gasteiger partial charge in [0.2, 0.25) is 0 Å². The summed E-state index contributed by atoms with van der Waals surface area (Å²) in [5.41, 5.74) is 1.95. The van der Waals surface area contributed by atoms with Crippen LogP contribution in [0.3, 0.4) is 0 Å². The fraction of sp³-hybridized carbons (Fsp3) is 0.583. The lowest BCUT2D eigenvalue weighted by Crippen LogP contribution is -2.37. The van der Waals surface area contributed by atoms with Crippen molar-refractivity contribution in [3.8, 4) is 0 Å². The van der Waals surface area contributed by atoms with Crippen molar-refractivity contribution in [2.24, 2.45) is 5.92 Å². The monoisotopic (exact) mass is 301 g/mol. The van der Waals surface area contributed by atoms with E-state index < -0.39 is 0 Å². The molecule has 0 unspecified atom stereocenters. The van der Waals surface area contributed by atoms with Crippen molar-refractivity contribution >= 4 is 33.2 Å². The second-order valence-corrected chi connectivity index (χ2v) is 6.63. The maximum atomic E-state index is 12.1. The average Bonchev–Trinajstić information content (AvgIpc) is 2.61. The van der Waals surface area contributed by atoms with Crippen molar-refractivity contribution in [2.45, 2.75) is 24.6 Å². The van der Waals surface area contributed by atoms with Gasteiger partial charge < -0.3 is 4.90 Å². The number of halogens is 1. The number of alkyl halides is 1. The summed E-state index contributed by atoms with van der Waals surface area (Å²) in [6, 6.07) is 0. The molecule has 4 heteroatoms. The first-order valence-corrected chi connectivity index (χ1v) is 7.36. The van der Waals surface area contributed by atoms with E-state index in [9.17, 15) is 4.79 Å². The van der Waals surface area contributed by atoms with Crippen LogP contribution in [0.2, 0.25) is 0 Å². The van der Waals surface area contributed by atoms with Crippen LogP contribution in [0.1, 0.15) is 28.8 Å². The standard InChI is InChI=1S/C12H16BrNOS/c1-8-6-16-7-11(8)12(15)14(2)5-9-3-10(13)4-9/h6-7,9-10H,3-5H2,1-2H3. The molecule has 1 fully saturated rings. The molecule has 1 aromatic rings. The largest absolute Gasteiger partial charge is 0.341 e. The Morgan fingerprint density at radius 1 is 1.56 bits per heavy atom. The van der Waals surface area contributed by atoms with E-state index in [1.54, 1.807) is 11.3 Å². The second kappa shape index (κ2) is 4.88. The van der Waals surface area contributed by atoms with Gasteiger partial charge in [-0.1, -0.05) is 15.9 Å². The van der Waals surface area contributed by atoms with Gasteiger partial charge in [-0.05, 0) is 36.6 Å². The van der Waals surface area contributed by atoms with Crippen LogP contribution in [0.4, 0.5) is 0 Å². The van der Waals surface area contributed by atoms with E-state index in [2.05, 4.69) is 15.9 Å². The molecule has 1 aliphatic carbocycles. The molecule has 0 N–H and O–H groups in total. The predicted molar refractivity (Wildman–Crippen MR) is 71.5 cm³/mol. The Bertz CT molecular complexity index is 384. The summed E-state index contributed by atoms with van der Waals surface area (Å²) in [5.74, 6) is 0.842. The number of carbonyl (C=O) groups excluding carboxylic acids is 1. The summed E-state index contributed by atoms with van der Waals surface area (Å²) in [5, 5.41) is 3.97. The van der Waals surface area contributed by atoms with Gasteiger partial charge in [-0.15, -0.1) is 0 Å². The molecule has 0 atom stereocenters. The number of hydrogen-bond donors (Lipinski definition) is 0. The van der Waals surface area contributed by atoms with Crippen LogP contribution in [-0.2, 0) is 0 Å². The zero-order valence-electron chi connectivity index (χ0n) is 9.57. The third-order valence-corrected chi connectivity index (χ3v) is 4.75. The number of thiophene rings is 1. The minimum absolute atomic E-state index is 0.164.